The van der Waals surface area contributed by atoms with Gasteiger partial charge in [-0.2, -0.15) is 5.10 Å². The highest BCUT2D eigenvalue weighted by atomic mass is 15.2. The standard InChI is InChI=1S/C14H25N3/c1-11-4-6-12(7-5-11)14(15-2)10-13-8-9-17(3)16-13/h8-9,11-12,14-15H,4-7,10H2,1-3H3. The van der Waals surface area contributed by atoms with E-state index in [1.165, 1.54) is 31.4 Å². The van der Waals surface area contributed by atoms with E-state index in [4.69, 9.17) is 0 Å². The molecule has 0 radical (unpaired) electrons. The quantitative estimate of drug-likeness (QED) is 0.868. The number of rotatable bonds is 4. The molecule has 0 spiro atoms. The van der Waals surface area contributed by atoms with Crippen molar-refractivity contribution in [2.45, 2.75) is 45.1 Å². The van der Waals surface area contributed by atoms with Crippen LogP contribution in [0.5, 0.6) is 0 Å². The molecule has 3 heteroatoms. The van der Waals surface area contributed by atoms with Crippen molar-refractivity contribution in [1.29, 1.82) is 0 Å². The summed E-state index contributed by atoms with van der Waals surface area (Å²) in [4.78, 5) is 0. The van der Waals surface area contributed by atoms with Crippen LogP contribution in [-0.2, 0) is 13.5 Å². The summed E-state index contributed by atoms with van der Waals surface area (Å²) in [6, 6.07) is 2.73. The molecule has 0 amide bonds. The van der Waals surface area contributed by atoms with E-state index >= 15 is 0 Å². The second kappa shape index (κ2) is 5.67. The number of likely N-dealkylation sites (N-methyl/N-ethyl adjacent to an activating group) is 1. The molecule has 2 rings (SSSR count). The van der Waals surface area contributed by atoms with Gasteiger partial charge in [0.15, 0.2) is 0 Å². The Bertz CT molecular complexity index is 337. The minimum Gasteiger partial charge on any atom is -0.316 e. The number of nitrogens with zero attached hydrogens (tertiary/aromatic N) is 2. The van der Waals surface area contributed by atoms with Crippen molar-refractivity contribution in [3.05, 3.63) is 18.0 Å². The number of aryl methyl sites for hydroxylation is 1. The van der Waals surface area contributed by atoms with Crippen molar-refractivity contribution in [2.75, 3.05) is 7.05 Å². The van der Waals surface area contributed by atoms with Crippen molar-refractivity contribution in [2.24, 2.45) is 18.9 Å². The van der Waals surface area contributed by atoms with Crippen LogP contribution in [-0.4, -0.2) is 22.9 Å². The summed E-state index contributed by atoms with van der Waals surface area (Å²) in [6.07, 6.45) is 8.64. The third-order valence-corrected chi connectivity index (χ3v) is 4.20. The summed E-state index contributed by atoms with van der Waals surface area (Å²) in [5, 5.41) is 7.98. The van der Waals surface area contributed by atoms with E-state index in [1.54, 1.807) is 0 Å². The van der Waals surface area contributed by atoms with Crippen molar-refractivity contribution >= 4 is 0 Å². The molecule has 0 saturated heterocycles. The monoisotopic (exact) mass is 235 g/mol. The van der Waals surface area contributed by atoms with Gasteiger partial charge >= 0.3 is 0 Å². The lowest BCUT2D eigenvalue weighted by atomic mass is 9.78. The normalized spacial score (nSPS) is 27.0. The van der Waals surface area contributed by atoms with Crippen LogP contribution in [0.2, 0.25) is 0 Å². The lowest BCUT2D eigenvalue weighted by Crippen LogP contribution is -2.37. The van der Waals surface area contributed by atoms with Gasteiger partial charge in [0.05, 0.1) is 5.69 Å². The van der Waals surface area contributed by atoms with Crippen LogP contribution >= 0.6 is 0 Å². The van der Waals surface area contributed by atoms with Gasteiger partial charge in [-0.15, -0.1) is 0 Å². The number of hydrogen-bond donors (Lipinski definition) is 1. The van der Waals surface area contributed by atoms with Crippen molar-refractivity contribution in [3.8, 4) is 0 Å². The van der Waals surface area contributed by atoms with Gasteiger partial charge in [-0.05, 0) is 37.8 Å². The van der Waals surface area contributed by atoms with Crippen molar-refractivity contribution in [1.82, 2.24) is 15.1 Å². The van der Waals surface area contributed by atoms with Crippen LogP contribution in [0.25, 0.3) is 0 Å². The second-order valence-electron chi connectivity index (χ2n) is 5.60. The highest BCUT2D eigenvalue weighted by Gasteiger charge is 2.25. The smallest absolute Gasteiger partial charge is 0.0640 e. The Hall–Kier alpha value is -0.830. The zero-order chi connectivity index (χ0) is 12.3. The minimum absolute atomic E-state index is 0.595. The number of nitrogens with one attached hydrogen (secondary N) is 1. The number of hydrogen-bond acceptors (Lipinski definition) is 2. The lowest BCUT2D eigenvalue weighted by molar-refractivity contribution is 0.234. The molecule has 1 aromatic rings. The van der Waals surface area contributed by atoms with E-state index < -0.39 is 0 Å². The van der Waals surface area contributed by atoms with Crippen LogP contribution < -0.4 is 5.32 Å². The van der Waals surface area contributed by atoms with Gasteiger partial charge in [0.1, 0.15) is 0 Å². The fraction of sp³-hybridized carbons (Fsp3) is 0.786. The predicted octanol–water partition coefficient (Wildman–Crippen LogP) is 2.38. The van der Waals surface area contributed by atoms with Crippen molar-refractivity contribution in [3.63, 3.8) is 0 Å². The lowest BCUT2D eigenvalue weighted by Gasteiger charge is -2.32. The maximum atomic E-state index is 4.48. The Morgan fingerprint density at radius 2 is 2.12 bits per heavy atom. The molecule has 1 N–H and O–H groups in total. The summed E-state index contributed by atoms with van der Waals surface area (Å²) >= 11 is 0. The zero-order valence-corrected chi connectivity index (χ0v) is 11.3. The van der Waals surface area contributed by atoms with Crippen LogP contribution in [0.4, 0.5) is 0 Å². The van der Waals surface area contributed by atoms with Crippen LogP contribution in [0.15, 0.2) is 12.3 Å². The van der Waals surface area contributed by atoms with E-state index in [1.807, 2.05) is 17.9 Å². The first-order valence-corrected chi connectivity index (χ1v) is 6.85. The van der Waals surface area contributed by atoms with E-state index in [-0.39, 0.29) is 0 Å². The van der Waals surface area contributed by atoms with Crippen LogP contribution in [0.3, 0.4) is 0 Å². The van der Waals surface area contributed by atoms with Crippen molar-refractivity contribution < 1.29 is 0 Å². The minimum atomic E-state index is 0.595. The predicted molar refractivity (Wildman–Crippen MR) is 70.9 cm³/mol. The summed E-state index contributed by atoms with van der Waals surface area (Å²) in [7, 11) is 4.08. The van der Waals surface area contributed by atoms with Gasteiger partial charge in [-0.25, -0.2) is 0 Å². The molecule has 0 bridgehead atoms. The SMILES string of the molecule is CNC(Cc1ccn(C)n1)C1CCC(C)CC1. The van der Waals surface area contributed by atoms with Gasteiger partial charge in [-0.3, -0.25) is 4.68 Å². The Balaban J connectivity index is 1.92. The van der Waals surface area contributed by atoms with E-state index in [0.717, 1.165) is 18.3 Å². The molecule has 1 heterocycles. The third-order valence-electron chi connectivity index (χ3n) is 4.20. The van der Waals surface area contributed by atoms with E-state index in [0.29, 0.717) is 6.04 Å². The Kier molecular flexibility index (Phi) is 4.21. The molecule has 3 nitrogen and oxygen atoms in total. The maximum absolute atomic E-state index is 4.48. The van der Waals surface area contributed by atoms with Gasteiger partial charge in [0.2, 0.25) is 0 Å². The molecule has 1 aromatic heterocycles. The molecule has 1 aliphatic carbocycles. The summed E-state index contributed by atoms with van der Waals surface area (Å²) in [6.45, 7) is 2.38. The first kappa shape index (κ1) is 12.6. The highest BCUT2D eigenvalue weighted by Crippen LogP contribution is 2.31. The summed E-state index contributed by atoms with van der Waals surface area (Å²) in [5.74, 6) is 1.76. The molecular formula is C14H25N3. The molecule has 1 unspecified atom stereocenters. The third kappa shape index (κ3) is 3.32. The van der Waals surface area contributed by atoms with Crippen LogP contribution in [0.1, 0.15) is 38.3 Å². The molecule has 96 valence electrons. The summed E-state index contributed by atoms with van der Waals surface area (Å²) < 4.78 is 1.89. The molecule has 1 atom stereocenters. The first-order valence-electron chi connectivity index (χ1n) is 6.85. The Morgan fingerprint density at radius 3 is 2.65 bits per heavy atom. The highest BCUT2D eigenvalue weighted by molar-refractivity contribution is 5.02. The van der Waals surface area contributed by atoms with Gasteiger partial charge in [-0.1, -0.05) is 19.8 Å². The van der Waals surface area contributed by atoms with Gasteiger partial charge in [0, 0.05) is 25.7 Å². The average Bonchev–Trinajstić information content (AvgIpc) is 2.73. The fourth-order valence-corrected chi connectivity index (χ4v) is 2.99. The van der Waals surface area contributed by atoms with Gasteiger partial charge < -0.3 is 5.32 Å². The Morgan fingerprint density at radius 1 is 1.41 bits per heavy atom. The van der Waals surface area contributed by atoms with Crippen LogP contribution in [0, 0.1) is 11.8 Å². The second-order valence-corrected chi connectivity index (χ2v) is 5.60. The topological polar surface area (TPSA) is 29.9 Å². The fourth-order valence-electron chi connectivity index (χ4n) is 2.99. The molecule has 17 heavy (non-hydrogen) atoms. The largest absolute Gasteiger partial charge is 0.316 e. The molecule has 0 aliphatic heterocycles. The summed E-state index contributed by atoms with van der Waals surface area (Å²) in [5.41, 5.74) is 1.21. The molecule has 1 aliphatic rings. The van der Waals surface area contributed by atoms with E-state index in [9.17, 15) is 0 Å². The molecule has 1 saturated carbocycles. The molecule has 1 fully saturated rings. The first-order chi connectivity index (χ1) is 8.19. The molecular weight excluding hydrogens is 210 g/mol. The maximum Gasteiger partial charge on any atom is 0.0640 e. The average molecular weight is 235 g/mol. The zero-order valence-electron chi connectivity index (χ0n) is 11.3. The Labute approximate surface area is 105 Å². The molecule has 0 aromatic carbocycles. The van der Waals surface area contributed by atoms with Gasteiger partial charge in [0.25, 0.3) is 0 Å². The number of aromatic nitrogens is 2. The van der Waals surface area contributed by atoms with E-state index in [2.05, 4.69) is 30.5 Å².